The zero-order valence-corrected chi connectivity index (χ0v) is 16.3. The van der Waals surface area contributed by atoms with Crippen LogP contribution < -0.4 is 15.8 Å². The number of nitrogens with one attached hydrogen (secondary N) is 1. The van der Waals surface area contributed by atoms with Crippen molar-refractivity contribution in [2.75, 3.05) is 7.11 Å². The van der Waals surface area contributed by atoms with E-state index < -0.39 is 5.54 Å². The lowest BCUT2D eigenvalue weighted by Gasteiger charge is -2.26. The summed E-state index contributed by atoms with van der Waals surface area (Å²) in [6.07, 6.45) is 0. The van der Waals surface area contributed by atoms with Crippen molar-refractivity contribution in [3.8, 4) is 5.75 Å². The number of nitrogens with two attached hydrogens (primary N) is 1. The Morgan fingerprint density at radius 2 is 1.88 bits per heavy atom. The molecule has 2 aromatic rings. The molecule has 0 spiro atoms. The molecule has 0 radical (unpaired) electrons. The highest BCUT2D eigenvalue weighted by Crippen LogP contribution is 2.28. The molecule has 0 aliphatic rings. The first kappa shape index (κ1) is 20.5. The molecule has 130 valence electrons. The van der Waals surface area contributed by atoms with E-state index in [-0.39, 0.29) is 24.4 Å². The minimum atomic E-state index is -1.08. The predicted molar refractivity (Wildman–Crippen MR) is 102 cm³/mol. The number of methoxy groups -OCH3 is 1. The van der Waals surface area contributed by atoms with Gasteiger partial charge in [-0.15, -0.1) is 12.4 Å². The summed E-state index contributed by atoms with van der Waals surface area (Å²) in [6.45, 7) is 3.64. The number of carbonyl (C=O) groups is 1. The molecule has 6 heteroatoms. The van der Waals surface area contributed by atoms with Crippen molar-refractivity contribution in [1.29, 1.82) is 0 Å². The molecule has 0 fully saturated rings. The van der Waals surface area contributed by atoms with Gasteiger partial charge >= 0.3 is 0 Å². The van der Waals surface area contributed by atoms with E-state index in [1.807, 2.05) is 55.5 Å². The molecule has 0 aromatic heterocycles. The van der Waals surface area contributed by atoms with E-state index in [1.54, 1.807) is 14.0 Å². The Balaban J connectivity index is 0.00000288. The number of hydrogen-bond acceptors (Lipinski definition) is 3. The van der Waals surface area contributed by atoms with Crippen LogP contribution in [0.15, 0.2) is 53.0 Å². The molecule has 3 N–H and O–H groups in total. The van der Waals surface area contributed by atoms with Gasteiger partial charge in [-0.05, 0) is 53.0 Å². The summed E-state index contributed by atoms with van der Waals surface area (Å²) in [6, 6.07) is 14.9. The molecule has 2 atom stereocenters. The number of hydrogen-bond donors (Lipinski definition) is 2. The van der Waals surface area contributed by atoms with E-state index in [1.165, 1.54) is 0 Å². The van der Waals surface area contributed by atoms with Gasteiger partial charge < -0.3 is 15.8 Å². The van der Waals surface area contributed by atoms with Gasteiger partial charge in [-0.1, -0.05) is 36.4 Å². The van der Waals surface area contributed by atoms with Gasteiger partial charge in [-0.2, -0.15) is 0 Å². The fourth-order valence-electron chi connectivity index (χ4n) is 2.30. The largest absolute Gasteiger partial charge is 0.496 e. The topological polar surface area (TPSA) is 64.3 Å². The summed E-state index contributed by atoms with van der Waals surface area (Å²) in [5.41, 5.74) is 6.90. The molecule has 4 nitrogen and oxygen atoms in total. The van der Waals surface area contributed by atoms with Crippen molar-refractivity contribution in [2.45, 2.75) is 25.4 Å². The first-order valence-electron chi connectivity index (χ1n) is 7.35. The monoisotopic (exact) mass is 412 g/mol. The molecule has 0 aliphatic heterocycles. The highest BCUT2D eigenvalue weighted by atomic mass is 79.9. The maximum atomic E-state index is 12.6. The summed E-state index contributed by atoms with van der Waals surface area (Å²) < 4.78 is 6.06. The Morgan fingerprint density at radius 3 is 2.42 bits per heavy atom. The smallest absolute Gasteiger partial charge is 0.244 e. The fourth-order valence-corrected chi connectivity index (χ4v) is 2.86. The Bertz CT molecular complexity index is 693. The van der Waals surface area contributed by atoms with E-state index in [4.69, 9.17) is 10.5 Å². The van der Waals surface area contributed by atoms with Gasteiger partial charge in [0.1, 0.15) is 11.3 Å². The number of ether oxygens (including phenoxy) is 1. The third-order valence-corrected chi connectivity index (χ3v) is 4.49. The molecule has 2 rings (SSSR count). The van der Waals surface area contributed by atoms with E-state index in [2.05, 4.69) is 21.2 Å². The second kappa shape index (κ2) is 8.51. The molecule has 2 unspecified atom stereocenters. The molecule has 1 amide bonds. The second-order valence-corrected chi connectivity index (χ2v) is 6.51. The minimum Gasteiger partial charge on any atom is -0.496 e. The van der Waals surface area contributed by atoms with Crippen molar-refractivity contribution < 1.29 is 9.53 Å². The third-order valence-electron chi connectivity index (χ3n) is 3.87. The molecule has 2 aromatic carbocycles. The van der Waals surface area contributed by atoms with Gasteiger partial charge in [0, 0.05) is 0 Å². The first-order chi connectivity index (χ1) is 10.9. The molecule has 0 saturated carbocycles. The van der Waals surface area contributed by atoms with Crippen molar-refractivity contribution in [2.24, 2.45) is 5.73 Å². The lowest BCUT2D eigenvalue weighted by atomic mass is 9.91. The van der Waals surface area contributed by atoms with E-state index in [0.717, 1.165) is 21.3 Å². The maximum absolute atomic E-state index is 12.6. The van der Waals surface area contributed by atoms with Crippen molar-refractivity contribution in [1.82, 2.24) is 5.32 Å². The number of benzene rings is 2. The summed E-state index contributed by atoms with van der Waals surface area (Å²) in [4.78, 5) is 12.6. The number of carbonyl (C=O) groups excluding carboxylic acids is 1. The quantitative estimate of drug-likeness (QED) is 0.780. The highest BCUT2D eigenvalue weighted by molar-refractivity contribution is 9.10. The molecular formula is C18H22BrClN2O2. The summed E-state index contributed by atoms with van der Waals surface area (Å²) in [5, 5.41) is 2.97. The molecular weight excluding hydrogens is 392 g/mol. The van der Waals surface area contributed by atoms with E-state index in [9.17, 15) is 4.79 Å². The van der Waals surface area contributed by atoms with Crippen LogP contribution in [0.3, 0.4) is 0 Å². The zero-order valence-electron chi connectivity index (χ0n) is 13.9. The highest BCUT2D eigenvalue weighted by Gasteiger charge is 2.31. The van der Waals surface area contributed by atoms with Crippen LogP contribution in [0.1, 0.15) is 31.0 Å². The van der Waals surface area contributed by atoms with Crippen molar-refractivity contribution in [3.05, 3.63) is 64.1 Å². The van der Waals surface area contributed by atoms with Gasteiger partial charge in [0.15, 0.2) is 0 Å². The molecule has 0 saturated heterocycles. The SMILES string of the molecule is COc1ccc(C(C)NC(=O)C(C)(N)c2ccccc2)cc1Br.Cl. The number of halogens is 2. The van der Waals surface area contributed by atoms with Gasteiger partial charge in [-0.25, -0.2) is 0 Å². The van der Waals surface area contributed by atoms with Crippen LogP contribution in [-0.2, 0) is 10.3 Å². The van der Waals surface area contributed by atoms with Gasteiger partial charge in [0.05, 0.1) is 17.6 Å². The normalized spacial score (nSPS) is 14.0. The Hall–Kier alpha value is -1.56. The fraction of sp³-hybridized carbons (Fsp3) is 0.278. The van der Waals surface area contributed by atoms with E-state index >= 15 is 0 Å². The van der Waals surface area contributed by atoms with E-state index in [0.29, 0.717) is 0 Å². The Kier molecular flexibility index (Phi) is 7.27. The summed E-state index contributed by atoms with van der Waals surface area (Å²) in [5.74, 6) is 0.531. The Labute approximate surface area is 157 Å². The lowest BCUT2D eigenvalue weighted by Crippen LogP contribution is -2.49. The van der Waals surface area contributed by atoms with Gasteiger partial charge in [0.25, 0.3) is 0 Å². The number of amides is 1. The van der Waals surface area contributed by atoms with Crippen LogP contribution in [0.2, 0.25) is 0 Å². The summed E-state index contributed by atoms with van der Waals surface area (Å²) in [7, 11) is 1.62. The molecule has 0 bridgehead atoms. The molecule has 0 heterocycles. The minimum absolute atomic E-state index is 0. The maximum Gasteiger partial charge on any atom is 0.244 e. The average Bonchev–Trinajstić information content (AvgIpc) is 2.55. The number of rotatable bonds is 5. The third kappa shape index (κ3) is 4.50. The van der Waals surface area contributed by atoms with Crippen molar-refractivity contribution in [3.63, 3.8) is 0 Å². The predicted octanol–water partition coefficient (Wildman–Crippen LogP) is 3.93. The first-order valence-corrected chi connectivity index (χ1v) is 8.14. The van der Waals surface area contributed by atoms with Crippen LogP contribution >= 0.6 is 28.3 Å². The average molecular weight is 414 g/mol. The molecule has 24 heavy (non-hydrogen) atoms. The van der Waals surface area contributed by atoms with Gasteiger partial charge in [-0.3, -0.25) is 4.79 Å². The summed E-state index contributed by atoms with van der Waals surface area (Å²) >= 11 is 3.46. The van der Waals surface area contributed by atoms with Crippen LogP contribution in [0.25, 0.3) is 0 Å². The van der Waals surface area contributed by atoms with Crippen LogP contribution in [0, 0.1) is 0 Å². The van der Waals surface area contributed by atoms with Gasteiger partial charge in [0.2, 0.25) is 5.91 Å². The van der Waals surface area contributed by atoms with Crippen molar-refractivity contribution >= 4 is 34.2 Å². The zero-order chi connectivity index (χ0) is 17.0. The van der Waals surface area contributed by atoms with Crippen LogP contribution in [0.4, 0.5) is 0 Å². The van der Waals surface area contributed by atoms with Crippen LogP contribution in [0.5, 0.6) is 5.75 Å². The second-order valence-electron chi connectivity index (χ2n) is 5.66. The Morgan fingerprint density at radius 1 is 1.25 bits per heavy atom. The lowest BCUT2D eigenvalue weighted by molar-refractivity contribution is -0.126. The standard InChI is InChI=1S/C18H21BrN2O2.ClH/c1-12(13-9-10-16(23-3)15(19)11-13)21-17(22)18(2,20)14-7-5-4-6-8-14;/h4-12H,20H2,1-3H3,(H,21,22);1H. The molecule has 0 aliphatic carbocycles. The van der Waals surface area contributed by atoms with Crippen LogP contribution in [-0.4, -0.2) is 13.0 Å².